The van der Waals surface area contributed by atoms with Gasteiger partial charge in [0.1, 0.15) is 5.82 Å². The topological polar surface area (TPSA) is 40.6 Å². The second-order valence-corrected chi connectivity index (χ2v) is 6.24. The Kier molecular flexibility index (Phi) is 3.89. The molecule has 0 aromatic heterocycles. The highest BCUT2D eigenvalue weighted by atomic mass is 19.1. The summed E-state index contributed by atoms with van der Waals surface area (Å²) in [5.41, 5.74) is 0.235. The molecule has 1 aliphatic carbocycles. The van der Waals surface area contributed by atoms with Gasteiger partial charge in [-0.25, -0.2) is 4.39 Å². The molecule has 1 aromatic carbocycles. The molecule has 1 saturated heterocycles. The van der Waals surface area contributed by atoms with E-state index in [4.69, 9.17) is 0 Å². The number of carbonyl (C=O) groups is 2. The summed E-state index contributed by atoms with van der Waals surface area (Å²) in [6, 6.07) is 6.42. The number of amides is 2. The molecule has 0 bridgehead atoms. The molecule has 2 aliphatic rings. The van der Waals surface area contributed by atoms with Crippen molar-refractivity contribution in [2.24, 2.45) is 0 Å². The fourth-order valence-corrected chi connectivity index (χ4v) is 3.47. The standard InChI is InChI=1S/C17H21FN2O2/c1-13(21)19-8-10-20(11-9-19)16(22)17(6-3-7-17)14-4-2-5-15(18)12-14/h2,4-5,12H,3,6-11H2,1H3. The highest BCUT2D eigenvalue weighted by molar-refractivity contribution is 5.89. The van der Waals surface area contributed by atoms with Crippen LogP contribution >= 0.6 is 0 Å². The number of rotatable bonds is 2. The van der Waals surface area contributed by atoms with Gasteiger partial charge in [-0.05, 0) is 30.5 Å². The number of hydrogen-bond donors (Lipinski definition) is 0. The van der Waals surface area contributed by atoms with Crippen molar-refractivity contribution in [1.82, 2.24) is 9.80 Å². The molecule has 0 spiro atoms. The van der Waals surface area contributed by atoms with E-state index in [-0.39, 0.29) is 17.6 Å². The molecule has 2 fully saturated rings. The van der Waals surface area contributed by atoms with Crippen LogP contribution in [0.4, 0.5) is 4.39 Å². The monoisotopic (exact) mass is 304 g/mol. The van der Waals surface area contributed by atoms with Crippen molar-refractivity contribution in [1.29, 1.82) is 0 Å². The van der Waals surface area contributed by atoms with E-state index in [2.05, 4.69) is 0 Å². The fourth-order valence-electron chi connectivity index (χ4n) is 3.47. The number of benzene rings is 1. The van der Waals surface area contributed by atoms with Gasteiger partial charge in [-0.2, -0.15) is 0 Å². The number of halogens is 1. The van der Waals surface area contributed by atoms with Gasteiger partial charge in [-0.3, -0.25) is 9.59 Å². The molecule has 0 radical (unpaired) electrons. The lowest BCUT2D eigenvalue weighted by molar-refractivity contribution is -0.145. The largest absolute Gasteiger partial charge is 0.339 e. The minimum absolute atomic E-state index is 0.0515. The zero-order valence-electron chi connectivity index (χ0n) is 12.8. The Labute approximate surface area is 129 Å². The van der Waals surface area contributed by atoms with Gasteiger partial charge in [0.05, 0.1) is 5.41 Å². The Bertz CT molecular complexity index is 590. The van der Waals surface area contributed by atoms with Crippen LogP contribution in [-0.4, -0.2) is 47.8 Å². The van der Waals surface area contributed by atoms with Gasteiger partial charge in [0.15, 0.2) is 0 Å². The van der Waals surface area contributed by atoms with Crippen LogP contribution in [0.2, 0.25) is 0 Å². The Morgan fingerprint density at radius 1 is 1.09 bits per heavy atom. The molecule has 2 amide bonds. The van der Waals surface area contributed by atoms with E-state index in [0.717, 1.165) is 24.8 Å². The lowest BCUT2D eigenvalue weighted by Crippen LogP contribution is -2.57. The van der Waals surface area contributed by atoms with Crippen molar-refractivity contribution in [2.45, 2.75) is 31.6 Å². The van der Waals surface area contributed by atoms with Gasteiger partial charge < -0.3 is 9.80 Å². The third kappa shape index (κ3) is 2.49. The smallest absolute Gasteiger partial charge is 0.233 e. The first-order valence-electron chi connectivity index (χ1n) is 7.84. The minimum atomic E-state index is -0.555. The predicted molar refractivity (Wildman–Crippen MR) is 80.8 cm³/mol. The lowest BCUT2D eigenvalue weighted by Gasteiger charge is -2.46. The summed E-state index contributed by atoms with van der Waals surface area (Å²) in [7, 11) is 0. The first-order valence-corrected chi connectivity index (χ1v) is 7.84. The molecule has 22 heavy (non-hydrogen) atoms. The summed E-state index contributed by atoms with van der Waals surface area (Å²) in [6.07, 6.45) is 2.56. The summed E-state index contributed by atoms with van der Waals surface area (Å²) < 4.78 is 13.5. The van der Waals surface area contributed by atoms with Crippen LogP contribution in [0.1, 0.15) is 31.7 Å². The molecule has 1 aromatic rings. The molecule has 1 heterocycles. The Morgan fingerprint density at radius 3 is 2.23 bits per heavy atom. The zero-order valence-corrected chi connectivity index (χ0v) is 12.8. The van der Waals surface area contributed by atoms with E-state index < -0.39 is 5.41 Å². The molecule has 118 valence electrons. The average molecular weight is 304 g/mol. The van der Waals surface area contributed by atoms with Crippen LogP contribution in [0.15, 0.2) is 24.3 Å². The van der Waals surface area contributed by atoms with Crippen LogP contribution in [0.5, 0.6) is 0 Å². The molecule has 1 aliphatic heterocycles. The molecular formula is C17H21FN2O2. The zero-order chi connectivity index (χ0) is 15.7. The van der Waals surface area contributed by atoms with Crippen LogP contribution in [0.3, 0.4) is 0 Å². The third-order valence-electron chi connectivity index (χ3n) is 5.01. The summed E-state index contributed by atoms with van der Waals surface area (Å²) in [5, 5.41) is 0. The van der Waals surface area contributed by atoms with E-state index in [9.17, 15) is 14.0 Å². The summed E-state index contributed by atoms with van der Waals surface area (Å²) in [4.78, 5) is 28.0. The Hall–Kier alpha value is -1.91. The lowest BCUT2D eigenvalue weighted by atomic mass is 9.63. The van der Waals surface area contributed by atoms with Gasteiger partial charge in [-0.15, -0.1) is 0 Å². The van der Waals surface area contributed by atoms with Crippen molar-refractivity contribution in [3.63, 3.8) is 0 Å². The molecule has 1 saturated carbocycles. The summed E-state index contributed by atoms with van der Waals surface area (Å²) >= 11 is 0. The molecule has 3 rings (SSSR count). The fraction of sp³-hybridized carbons (Fsp3) is 0.529. The second kappa shape index (κ2) is 5.71. The van der Waals surface area contributed by atoms with E-state index in [1.807, 2.05) is 11.0 Å². The van der Waals surface area contributed by atoms with E-state index in [0.29, 0.717) is 26.2 Å². The van der Waals surface area contributed by atoms with Crippen LogP contribution in [0.25, 0.3) is 0 Å². The van der Waals surface area contributed by atoms with Crippen molar-refractivity contribution < 1.29 is 14.0 Å². The van der Waals surface area contributed by atoms with Crippen molar-refractivity contribution >= 4 is 11.8 Å². The molecule has 4 nitrogen and oxygen atoms in total. The van der Waals surface area contributed by atoms with Gasteiger partial charge in [0.2, 0.25) is 11.8 Å². The SMILES string of the molecule is CC(=O)N1CCN(C(=O)C2(c3cccc(F)c3)CCC2)CC1. The maximum atomic E-state index is 13.5. The van der Waals surface area contributed by atoms with Gasteiger partial charge >= 0.3 is 0 Å². The molecule has 0 unspecified atom stereocenters. The van der Waals surface area contributed by atoms with E-state index in [1.165, 1.54) is 12.1 Å². The van der Waals surface area contributed by atoms with Crippen LogP contribution < -0.4 is 0 Å². The average Bonchev–Trinajstić information content (AvgIpc) is 2.46. The maximum absolute atomic E-state index is 13.5. The first-order chi connectivity index (χ1) is 10.5. The van der Waals surface area contributed by atoms with E-state index in [1.54, 1.807) is 17.9 Å². The summed E-state index contributed by atoms with van der Waals surface area (Å²) in [5.74, 6) is -0.152. The third-order valence-corrected chi connectivity index (χ3v) is 5.01. The van der Waals surface area contributed by atoms with Crippen LogP contribution in [0, 0.1) is 5.82 Å². The number of nitrogens with zero attached hydrogens (tertiary/aromatic N) is 2. The molecular weight excluding hydrogens is 283 g/mol. The second-order valence-electron chi connectivity index (χ2n) is 6.24. The molecule has 0 atom stereocenters. The highest BCUT2D eigenvalue weighted by Crippen LogP contribution is 2.45. The number of carbonyl (C=O) groups excluding carboxylic acids is 2. The van der Waals surface area contributed by atoms with E-state index >= 15 is 0 Å². The predicted octanol–water partition coefficient (Wildman–Crippen LogP) is 1.94. The number of piperazine rings is 1. The van der Waals surface area contributed by atoms with Crippen molar-refractivity contribution in [2.75, 3.05) is 26.2 Å². The Morgan fingerprint density at radius 2 is 1.73 bits per heavy atom. The first kappa shape index (κ1) is 15.0. The Balaban J connectivity index is 1.77. The molecule has 0 N–H and O–H groups in total. The van der Waals surface area contributed by atoms with Gasteiger partial charge in [0, 0.05) is 33.1 Å². The van der Waals surface area contributed by atoms with Crippen molar-refractivity contribution in [3.05, 3.63) is 35.6 Å². The van der Waals surface area contributed by atoms with Crippen molar-refractivity contribution in [3.8, 4) is 0 Å². The van der Waals surface area contributed by atoms with Crippen LogP contribution in [-0.2, 0) is 15.0 Å². The quantitative estimate of drug-likeness (QED) is 0.838. The number of hydrogen-bond acceptors (Lipinski definition) is 2. The van der Waals surface area contributed by atoms with Gasteiger partial charge in [0.25, 0.3) is 0 Å². The minimum Gasteiger partial charge on any atom is -0.339 e. The highest BCUT2D eigenvalue weighted by Gasteiger charge is 2.48. The maximum Gasteiger partial charge on any atom is 0.233 e. The molecule has 5 heteroatoms. The normalized spacial score (nSPS) is 20.5. The van der Waals surface area contributed by atoms with Gasteiger partial charge in [-0.1, -0.05) is 18.6 Å². The summed E-state index contributed by atoms with van der Waals surface area (Å²) in [6.45, 7) is 3.85.